The van der Waals surface area contributed by atoms with Gasteiger partial charge >= 0.3 is 0 Å². The van der Waals surface area contributed by atoms with E-state index in [-0.39, 0.29) is 5.83 Å². The third kappa shape index (κ3) is 2.99. The van der Waals surface area contributed by atoms with E-state index < -0.39 is 6.10 Å². The van der Waals surface area contributed by atoms with Crippen molar-refractivity contribution in [3.8, 4) is 0 Å². The first-order valence-electron chi connectivity index (χ1n) is 4.19. The second-order valence-electron chi connectivity index (χ2n) is 2.82. The van der Waals surface area contributed by atoms with Gasteiger partial charge in [-0.1, -0.05) is 30.3 Å². The van der Waals surface area contributed by atoms with Gasteiger partial charge < -0.3 is 4.74 Å². The van der Waals surface area contributed by atoms with Crippen LogP contribution in [0.25, 0.3) is 6.08 Å². The summed E-state index contributed by atoms with van der Waals surface area (Å²) >= 11 is 0. The zero-order valence-corrected chi connectivity index (χ0v) is 7.83. The maximum Gasteiger partial charge on any atom is 0.129 e. The Morgan fingerprint density at radius 3 is 2.54 bits per heavy atom. The number of hydrogen-bond acceptors (Lipinski definition) is 1. The van der Waals surface area contributed by atoms with Crippen LogP contribution in [0.1, 0.15) is 12.5 Å². The van der Waals surface area contributed by atoms with Crippen LogP contribution in [-0.2, 0) is 4.74 Å². The van der Waals surface area contributed by atoms with Gasteiger partial charge in [0.1, 0.15) is 11.9 Å². The second kappa shape index (κ2) is 4.77. The van der Waals surface area contributed by atoms with Crippen molar-refractivity contribution < 1.29 is 9.13 Å². The molecule has 0 radical (unpaired) electrons. The van der Waals surface area contributed by atoms with E-state index in [1.807, 2.05) is 30.3 Å². The Balaban J connectivity index is 2.77. The van der Waals surface area contributed by atoms with E-state index >= 15 is 0 Å². The first-order valence-corrected chi connectivity index (χ1v) is 4.19. The molecule has 0 saturated carbocycles. The Morgan fingerprint density at radius 1 is 1.38 bits per heavy atom. The minimum absolute atomic E-state index is 0.256. The molecule has 70 valence electrons. The Labute approximate surface area is 77.8 Å². The Bertz CT molecular complexity index is 279. The van der Waals surface area contributed by atoms with E-state index in [9.17, 15) is 4.39 Å². The van der Waals surface area contributed by atoms with Crippen LogP contribution in [0.2, 0.25) is 0 Å². The number of halogens is 1. The molecule has 1 nitrogen and oxygen atoms in total. The van der Waals surface area contributed by atoms with Gasteiger partial charge in [-0.3, -0.25) is 0 Å². The maximum atomic E-state index is 13.2. The summed E-state index contributed by atoms with van der Waals surface area (Å²) in [5.41, 5.74) is 0.851. The molecule has 0 spiro atoms. The molecule has 0 N–H and O–H groups in total. The second-order valence-corrected chi connectivity index (χ2v) is 2.82. The van der Waals surface area contributed by atoms with E-state index in [1.165, 1.54) is 13.2 Å². The summed E-state index contributed by atoms with van der Waals surface area (Å²) in [5.74, 6) is -0.256. The summed E-state index contributed by atoms with van der Waals surface area (Å²) in [7, 11) is 1.49. The van der Waals surface area contributed by atoms with Crippen LogP contribution >= 0.6 is 0 Å². The van der Waals surface area contributed by atoms with Crippen LogP contribution in [0.5, 0.6) is 0 Å². The van der Waals surface area contributed by atoms with Crippen molar-refractivity contribution in [3.63, 3.8) is 0 Å². The minimum Gasteiger partial charge on any atom is -0.375 e. The van der Waals surface area contributed by atoms with Gasteiger partial charge in [0.05, 0.1) is 0 Å². The molecular weight excluding hydrogens is 167 g/mol. The average Bonchev–Trinajstić information content (AvgIpc) is 2.18. The summed E-state index contributed by atoms with van der Waals surface area (Å²) in [4.78, 5) is 0. The van der Waals surface area contributed by atoms with Gasteiger partial charge in [0, 0.05) is 7.11 Å². The molecular formula is C11H13FO. The van der Waals surface area contributed by atoms with Crippen LogP contribution < -0.4 is 0 Å². The molecule has 2 heteroatoms. The highest BCUT2D eigenvalue weighted by Crippen LogP contribution is 2.12. The van der Waals surface area contributed by atoms with Gasteiger partial charge in [0.25, 0.3) is 0 Å². The van der Waals surface area contributed by atoms with Crippen LogP contribution in [0.4, 0.5) is 4.39 Å². The third-order valence-electron chi connectivity index (χ3n) is 1.85. The fourth-order valence-electron chi connectivity index (χ4n) is 0.938. The molecule has 0 aromatic heterocycles. The predicted octanol–water partition coefficient (Wildman–Crippen LogP) is 3.03. The fraction of sp³-hybridized carbons (Fsp3) is 0.273. The van der Waals surface area contributed by atoms with Gasteiger partial charge in [0.2, 0.25) is 0 Å². The molecule has 1 aromatic rings. The molecule has 0 saturated heterocycles. The van der Waals surface area contributed by atoms with E-state index in [2.05, 4.69) is 0 Å². The molecule has 0 aliphatic heterocycles. The number of hydrogen-bond donors (Lipinski definition) is 0. The molecule has 0 amide bonds. The lowest BCUT2D eigenvalue weighted by atomic mass is 10.2. The quantitative estimate of drug-likeness (QED) is 0.694. The Morgan fingerprint density at radius 2 is 2.00 bits per heavy atom. The minimum atomic E-state index is -0.472. The van der Waals surface area contributed by atoms with Gasteiger partial charge in [0.15, 0.2) is 0 Å². The normalized spacial score (nSPS) is 14.2. The molecule has 1 rings (SSSR count). The lowest BCUT2D eigenvalue weighted by molar-refractivity contribution is 0.128. The largest absolute Gasteiger partial charge is 0.375 e. The molecule has 1 atom stereocenters. The topological polar surface area (TPSA) is 9.23 Å². The highest BCUT2D eigenvalue weighted by molar-refractivity contribution is 5.51. The smallest absolute Gasteiger partial charge is 0.129 e. The highest BCUT2D eigenvalue weighted by atomic mass is 19.1. The number of ether oxygens (including phenoxy) is 1. The van der Waals surface area contributed by atoms with E-state index in [1.54, 1.807) is 6.92 Å². The maximum absolute atomic E-state index is 13.2. The zero-order valence-electron chi connectivity index (χ0n) is 7.83. The first kappa shape index (κ1) is 9.93. The molecule has 1 unspecified atom stereocenters. The zero-order chi connectivity index (χ0) is 9.68. The van der Waals surface area contributed by atoms with Crippen LogP contribution in [0.15, 0.2) is 36.2 Å². The van der Waals surface area contributed by atoms with Crippen molar-refractivity contribution in [3.05, 3.63) is 41.7 Å². The van der Waals surface area contributed by atoms with E-state index in [4.69, 9.17) is 4.74 Å². The SMILES string of the molecule is COC(C)/C(F)=C/c1ccccc1. The van der Waals surface area contributed by atoms with Gasteiger partial charge in [-0.2, -0.15) is 0 Å². The monoisotopic (exact) mass is 180 g/mol. The van der Waals surface area contributed by atoms with Crippen molar-refractivity contribution in [2.75, 3.05) is 7.11 Å². The van der Waals surface area contributed by atoms with Crippen molar-refractivity contribution in [1.29, 1.82) is 0 Å². The van der Waals surface area contributed by atoms with E-state index in [0.29, 0.717) is 0 Å². The summed E-state index contributed by atoms with van der Waals surface area (Å²) in [6, 6.07) is 9.34. The lowest BCUT2D eigenvalue weighted by Gasteiger charge is -2.05. The van der Waals surface area contributed by atoms with E-state index in [0.717, 1.165) is 5.56 Å². The third-order valence-corrected chi connectivity index (χ3v) is 1.85. The number of methoxy groups -OCH3 is 1. The summed E-state index contributed by atoms with van der Waals surface area (Å²) in [6.45, 7) is 1.68. The van der Waals surface area contributed by atoms with Gasteiger partial charge in [-0.15, -0.1) is 0 Å². The first-order chi connectivity index (χ1) is 6.24. The molecule has 0 aliphatic carbocycles. The van der Waals surface area contributed by atoms with Crippen molar-refractivity contribution in [2.45, 2.75) is 13.0 Å². The average molecular weight is 180 g/mol. The summed E-state index contributed by atoms with van der Waals surface area (Å²) < 4.78 is 18.1. The van der Waals surface area contributed by atoms with Crippen molar-refractivity contribution >= 4 is 6.08 Å². The predicted molar refractivity (Wildman–Crippen MR) is 52.0 cm³/mol. The number of benzene rings is 1. The molecule has 0 fully saturated rings. The van der Waals surface area contributed by atoms with Gasteiger partial charge in [-0.05, 0) is 18.6 Å². The van der Waals surface area contributed by atoms with Crippen molar-refractivity contribution in [2.24, 2.45) is 0 Å². The van der Waals surface area contributed by atoms with Crippen LogP contribution in [0, 0.1) is 0 Å². The van der Waals surface area contributed by atoms with Crippen molar-refractivity contribution in [1.82, 2.24) is 0 Å². The Hall–Kier alpha value is -1.15. The van der Waals surface area contributed by atoms with Crippen LogP contribution in [-0.4, -0.2) is 13.2 Å². The fourth-order valence-corrected chi connectivity index (χ4v) is 0.938. The molecule has 1 aromatic carbocycles. The summed E-state index contributed by atoms with van der Waals surface area (Å²) in [6.07, 6.45) is 1.01. The molecule has 13 heavy (non-hydrogen) atoms. The molecule has 0 bridgehead atoms. The van der Waals surface area contributed by atoms with Crippen LogP contribution in [0.3, 0.4) is 0 Å². The standard InChI is InChI=1S/C11H13FO/c1-9(13-2)11(12)8-10-6-4-3-5-7-10/h3-9H,1-2H3/b11-8-. The molecule has 0 heterocycles. The van der Waals surface area contributed by atoms with Gasteiger partial charge in [-0.25, -0.2) is 4.39 Å². The Kier molecular flexibility index (Phi) is 3.65. The lowest BCUT2D eigenvalue weighted by Crippen LogP contribution is -2.04. The molecule has 0 aliphatic rings. The highest BCUT2D eigenvalue weighted by Gasteiger charge is 2.05. The summed E-state index contributed by atoms with van der Waals surface area (Å²) in [5, 5.41) is 0. The number of rotatable bonds is 3.